The van der Waals surface area contributed by atoms with Crippen LogP contribution in [0.3, 0.4) is 0 Å². The van der Waals surface area contributed by atoms with Crippen molar-refractivity contribution < 1.29 is 4.74 Å². The Balaban J connectivity index is 0.00000162. The summed E-state index contributed by atoms with van der Waals surface area (Å²) >= 11 is 0. The molecule has 0 atom stereocenters. The molecule has 2 rings (SSSR count). The lowest BCUT2D eigenvalue weighted by molar-refractivity contribution is 0.308. The summed E-state index contributed by atoms with van der Waals surface area (Å²) < 4.78 is 5.60. The molecule has 2 aromatic rings. The summed E-state index contributed by atoms with van der Waals surface area (Å²) in [6.07, 6.45) is 3.75. The lowest BCUT2D eigenvalue weighted by atomic mass is 10.1. The molecule has 0 fully saturated rings. The van der Waals surface area contributed by atoms with Crippen LogP contribution in [0.15, 0.2) is 36.5 Å². The number of ether oxygens (including phenoxy) is 1. The Kier molecular flexibility index (Phi) is 6.25. The zero-order chi connectivity index (χ0) is 11.9. The van der Waals surface area contributed by atoms with Gasteiger partial charge < -0.3 is 10.5 Å². The van der Waals surface area contributed by atoms with Crippen molar-refractivity contribution in [2.45, 2.75) is 12.8 Å². The second-order valence-corrected chi connectivity index (χ2v) is 3.84. The fourth-order valence-electron chi connectivity index (χ4n) is 1.58. The Morgan fingerprint density at radius 3 is 2.50 bits per heavy atom. The van der Waals surface area contributed by atoms with E-state index >= 15 is 0 Å². The molecular formula is C13H18ClN3O. The van der Waals surface area contributed by atoms with Gasteiger partial charge in [0.25, 0.3) is 0 Å². The van der Waals surface area contributed by atoms with Gasteiger partial charge in [-0.15, -0.1) is 12.4 Å². The number of nitrogens with one attached hydrogen (secondary N) is 1. The molecule has 0 spiro atoms. The average molecular weight is 268 g/mol. The first-order chi connectivity index (χ1) is 8.40. The second-order valence-electron chi connectivity index (χ2n) is 3.84. The molecule has 0 saturated heterocycles. The standard InChI is InChI=1S/C13H17N3O.ClH/c14-8-1-2-10-17-12-5-3-11(4-6-12)13-7-9-15-16-13;/h3-7,9H,1-2,8,10,14H2,(H,15,16);1H. The number of hydrogen-bond donors (Lipinski definition) is 2. The van der Waals surface area contributed by atoms with Gasteiger partial charge in [0.1, 0.15) is 5.75 Å². The number of unbranched alkanes of at least 4 members (excludes halogenated alkanes) is 1. The number of rotatable bonds is 6. The lowest BCUT2D eigenvalue weighted by Crippen LogP contribution is -2.03. The smallest absolute Gasteiger partial charge is 0.119 e. The first kappa shape index (κ1) is 14.5. The molecule has 98 valence electrons. The quantitative estimate of drug-likeness (QED) is 0.791. The molecule has 0 bridgehead atoms. The van der Waals surface area contributed by atoms with Gasteiger partial charge in [0.15, 0.2) is 0 Å². The Bertz CT molecular complexity index is 428. The SMILES string of the molecule is Cl.NCCCCOc1ccc(-c2ccn[nH]2)cc1. The Hall–Kier alpha value is -1.52. The molecule has 1 aromatic carbocycles. The molecule has 0 amide bonds. The van der Waals surface area contributed by atoms with Crippen molar-refractivity contribution in [3.63, 3.8) is 0 Å². The molecule has 3 N–H and O–H groups in total. The number of H-pyrrole nitrogens is 1. The predicted octanol–water partition coefficient (Wildman–Crippen LogP) is 2.62. The van der Waals surface area contributed by atoms with E-state index in [0.717, 1.165) is 43.0 Å². The zero-order valence-corrected chi connectivity index (χ0v) is 11.0. The second kappa shape index (κ2) is 7.74. The summed E-state index contributed by atoms with van der Waals surface area (Å²) in [5, 5.41) is 6.85. The third kappa shape index (κ3) is 4.05. The Morgan fingerprint density at radius 1 is 1.11 bits per heavy atom. The van der Waals surface area contributed by atoms with Gasteiger partial charge in [-0.05, 0) is 55.3 Å². The number of hydrogen-bond acceptors (Lipinski definition) is 3. The number of aromatic nitrogens is 2. The van der Waals surface area contributed by atoms with E-state index in [1.165, 1.54) is 0 Å². The van der Waals surface area contributed by atoms with E-state index in [4.69, 9.17) is 10.5 Å². The van der Waals surface area contributed by atoms with Gasteiger partial charge in [-0.3, -0.25) is 5.10 Å². The van der Waals surface area contributed by atoms with E-state index in [1.807, 2.05) is 30.3 Å². The average Bonchev–Trinajstić information content (AvgIpc) is 2.89. The van der Waals surface area contributed by atoms with Crippen molar-refractivity contribution in [2.24, 2.45) is 5.73 Å². The van der Waals surface area contributed by atoms with Gasteiger partial charge in [0.2, 0.25) is 0 Å². The minimum absolute atomic E-state index is 0. The zero-order valence-electron chi connectivity index (χ0n) is 10.1. The minimum atomic E-state index is 0. The molecule has 0 aliphatic carbocycles. The normalized spacial score (nSPS) is 9.83. The molecule has 5 heteroatoms. The summed E-state index contributed by atoms with van der Waals surface area (Å²) in [7, 11) is 0. The van der Waals surface area contributed by atoms with Gasteiger partial charge in [0.05, 0.1) is 12.3 Å². The van der Waals surface area contributed by atoms with Crippen molar-refractivity contribution in [3.8, 4) is 17.0 Å². The summed E-state index contributed by atoms with van der Waals surface area (Å²) in [4.78, 5) is 0. The maximum Gasteiger partial charge on any atom is 0.119 e. The highest BCUT2D eigenvalue weighted by Crippen LogP contribution is 2.20. The maximum atomic E-state index is 5.60. The molecule has 0 aliphatic heterocycles. The fourth-order valence-corrected chi connectivity index (χ4v) is 1.58. The third-order valence-electron chi connectivity index (χ3n) is 2.53. The van der Waals surface area contributed by atoms with Crippen molar-refractivity contribution in [3.05, 3.63) is 36.5 Å². The van der Waals surface area contributed by atoms with E-state index < -0.39 is 0 Å². The highest BCUT2D eigenvalue weighted by atomic mass is 35.5. The number of nitrogens with zero attached hydrogens (tertiary/aromatic N) is 1. The van der Waals surface area contributed by atoms with Crippen molar-refractivity contribution in [1.29, 1.82) is 0 Å². The monoisotopic (exact) mass is 267 g/mol. The van der Waals surface area contributed by atoms with Crippen LogP contribution in [0.2, 0.25) is 0 Å². The number of nitrogens with two attached hydrogens (primary N) is 1. The molecule has 1 aromatic heterocycles. The Morgan fingerprint density at radius 2 is 1.89 bits per heavy atom. The largest absolute Gasteiger partial charge is 0.494 e. The topological polar surface area (TPSA) is 63.9 Å². The third-order valence-corrected chi connectivity index (χ3v) is 2.53. The first-order valence-electron chi connectivity index (χ1n) is 5.83. The lowest BCUT2D eigenvalue weighted by Gasteiger charge is -2.06. The van der Waals surface area contributed by atoms with Crippen molar-refractivity contribution in [1.82, 2.24) is 10.2 Å². The summed E-state index contributed by atoms with van der Waals surface area (Å²) in [5.74, 6) is 0.894. The van der Waals surface area contributed by atoms with Gasteiger partial charge in [-0.2, -0.15) is 5.10 Å². The molecule has 0 aliphatic rings. The van der Waals surface area contributed by atoms with Gasteiger partial charge in [-0.25, -0.2) is 0 Å². The highest BCUT2D eigenvalue weighted by Gasteiger charge is 1.99. The fraction of sp³-hybridized carbons (Fsp3) is 0.308. The van der Waals surface area contributed by atoms with Gasteiger partial charge in [0, 0.05) is 6.20 Å². The van der Waals surface area contributed by atoms with E-state index in [1.54, 1.807) is 6.20 Å². The highest BCUT2D eigenvalue weighted by molar-refractivity contribution is 5.85. The van der Waals surface area contributed by atoms with E-state index in [2.05, 4.69) is 10.2 Å². The Labute approximate surface area is 113 Å². The molecule has 18 heavy (non-hydrogen) atoms. The minimum Gasteiger partial charge on any atom is -0.494 e. The van der Waals surface area contributed by atoms with Crippen LogP contribution in [0.4, 0.5) is 0 Å². The molecule has 4 nitrogen and oxygen atoms in total. The van der Waals surface area contributed by atoms with Crippen LogP contribution in [0, 0.1) is 0 Å². The van der Waals surface area contributed by atoms with E-state index in [-0.39, 0.29) is 12.4 Å². The van der Waals surface area contributed by atoms with Crippen LogP contribution in [0.25, 0.3) is 11.3 Å². The van der Waals surface area contributed by atoms with Crippen LogP contribution in [0.5, 0.6) is 5.75 Å². The van der Waals surface area contributed by atoms with Crippen molar-refractivity contribution >= 4 is 12.4 Å². The summed E-state index contributed by atoms with van der Waals surface area (Å²) in [5.41, 5.74) is 7.54. The number of aromatic amines is 1. The van der Waals surface area contributed by atoms with Crippen LogP contribution >= 0.6 is 12.4 Å². The summed E-state index contributed by atoms with van der Waals surface area (Å²) in [6.45, 7) is 1.45. The first-order valence-corrected chi connectivity index (χ1v) is 5.83. The van der Waals surface area contributed by atoms with Crippen molar-refractivity contribution in [2.75, 3.05) is 13.2 Å². The van der Waals surface area contributed by atoms with E-state index in [9.17, 15) is 0 Å². The van der Waals surface area contributed by atoms with Crippen LogP contribution in [-0.4, -0.2) is 23.3 Å². The van der Waals surface area contributed by atoms with E-state index in [0.29, 0.717) is 0 Å². The summed E-state index contributed by atoms with van der Waals surface area (Å²) in [6, 6.07) is 9.92. The van der Waals surface area contributed by atoms with Gasteiger partial charge in [-0.1, -0.05) is 0 Å². The molecule has 1 heterocycles. The van der Waals surface area contributed by atoms with Crippen LogP contribution < -0.4 is 10.5 Å². The molecular weight excluding hydrogens is 250 g/mol. The molecule has 0 unspecified atom stereocenters. The number of benzene rings is 1. The molecule has 0 radical (unpaired) electrons. The van der Waals surface area contributed by atoms with Crippen LogP contribution in [0.1, 0.15) is 12.8 Å². The van der Waals surface area contributed by atoms with Crippen LogP contribution in [-0.2, 0) is 0 Å². The van der Waals surface area contributed by atoms with Gasteiger partial charge >= 0.3 is 0 Å². The molecule has 0 saturated carbocycles. The predicted molar refractivity (Wildman–Crippen MR) is 75.1 cm³/mol. The number of halogens is 1. The maximum absolute atomic E-state index is 5.60.